The van der Waals surface area contributed by atoms with E-state index in [9.17, 15) is 4.79 Å². The average molecular weight is 279 g/mol. The largest absolute Gasteiger partial charge is 0.461 e. The highest BCUT2D eigenvalue weighted by Crippen LogP contribution is 2.19. The number of hydrogen-bond donors (Lipinski definition) is 1. The molecule has 3 aromatic rings. The van der Waals surface area contributed by atoms with Gasteiger partial charge in [0, 0.05) is 6.54 Å². The average Bonchev–Trinajstić information content (AvgIpc) is 3.02. The van der Waals surface area contributed by atoms with Gasteiger partial charge in [-0.25, -0.2) is 4.98 Å². The van der Waals surface area contributed by atoms with Crippen LogP contribution in [0.2, 0.25) is 5.28 Å². The quantitative estimate of drug-likeness (QED) is 0.747. The molecule has 0 spiro atoms. The van der Waals surface area contributed by atoms with Crippen molar-refractivity contribution < 1.29 is 4.42 Å². The molecule has 0 aliphatic rings. The molecule has 0 amide bonds. The van der Waals surface area contributed by atoms with Crippen LogP contribution in [-0.4, -0.2) is 19.5 Å². The van der Waals surface area contributed by atoms with Crippen LogP contribution in [0, 0.1) is 0 Å². The van der Waals surface area contributed by atoms with E-state index in [2.05, 4.69) is 15.0 Å². The summed E-state index contributed by atoms with van der Waals surface area (Å²) in [5.74, 6) is 1.02. The van der Waals surface area contributed by atoms with Gasteiger partial charge >= 0.3 is 0 Å². The summed E-state index contributed by atoms with van der Waals surface area (Å²) in [5.41, 5.74) is 0.417. The molecule has 0 atom stereocenters. The summed E-state index contributed by atoms with van der Waals surface area (Å²) < 4.78 is 6.66. The molecular weight excluding hydrogens is 268 g/mol. The second kappa shape index (κ2) is 4.55. The Balaban J connectivity index is 2.24. The minimum absolute atomic E-state index is 0.150. The fourth-order valence-corrected chi connectivity index (χ4v) is 2.15. The summed E-state index contributed by atoms with van der Waals surface area (Å²) >= 11 is 6.00. The number of nitrogens with zero attached hydrogens (tertiary/aromatic N) is 3. The lowest BCUT2D eigenvalue weighted by Crippen LogP contribution is -2.22. The third kappa shape index (κ3) is 1.94. The summed E-state index contributed by atoms with van der Waals surface area (Å²) in [4.78, 5) is 23.5. The van der Waals surface area contributed by atoms with Crippen LogP contribution in [0.25, 0.3) is 22.7 Å². The Hall–Kier alpha value is -2.08. The smallest absolute Gasteiger partial charge is 0.280 e. The lowest BCUT2D eigenvalue weighted by atomic mass is 10.4. The van der Waals surface area contributed by atoms with Gasteiger partial charge in [-0.3, -0.25) is 9.36 Å². The minimum Gasteiger partial charge on any atom is -0.461 e. The predicted molar refractivity (Wildman–Crippen MR) is 71.2 cm³/mol. The summed E-state index contributed by atoms with van der Waals surface area (Å²) in [6.07, 6.45) is 2.34. The number of rotatable bonds is 3. The topological polar surface area (TPSA) is 76.7 Å². The fraction of sp³-hybridized carbons (Fsp3) is 0.250. The number of furan rings is 1. The molecular formula is C12H11ClN4O2. The van der Waals surface area contributed by atoms with E-state index in [1.807, 2.05) is 6.92 Å². The molecule has 7 heteroatoms. The highest BCUT2D eigenvalue weighted by molar-refractivity contribution is 6.28. The maximum absolute atomic E-state index is 12.3. The van der Waals surface area contributed by atoms with Crippen molar-refractivity contribution >= 4 is 22.8 Å². The summed E-state index contributed by atoms with van der Waals surface area (Å²) in [5, 5.41) is 0.150. The molecule has 0 saturated heterocycles. The van der Waals surface area contributed by atoms with Gasteiger partial charge in [-0.05, 0) is 30.2 Å². The SMILES string of the molecule is CCCn1c(Cl)nc2nc(-c3ccco3)[nH]c2c1=O. The third-order valence-corrected chi connectivity index (χ3v) is 3.05. The highest BCUT2D eigenvalue weighted by Gasteiger charge is 2.15. The predicted octanol–water partition coefficient (Wildman–Crippen LogP) is 2.44. The van der Waals surface area contributed by atoms with Crippen molar-refractivity contribution in [2.75, 3.05) is 0 Å². The number of nitrogens with one attached hydrogen (secondary N) is 1. The lowest BCUT2D eigenvalue weighted by Gasteiger charge is -2.04. The summed E-state index contributed by atoms with van der Waals surface area (Å²) in [6.45, 7) is 2.49. The van der Waals surface area contributed by atoms with Crippen LogP contribution in [0.5, 0.6) is 0 Å². The van der Waals surface area contributed by atoms with Gasteiger partial charge in [0.2, 0.25) is 5.28 Å². The second-order valence-corrected chi connectivity index (χ2v) is 4.44. The van der Waals surface area contributed by atoms with E-state index in [-0.39, 0.29) is 10.8 Å². The van der Waals surface area contributed by atoms with E-state index in [4.69, 9.17) is 16.0 Å². The normalized spacial score (nSPS) is 11.3. The van der Waals surface area contributed by atoms with Gasteiger partial charge in [0.25, 0.3) is 5.56 Å². The van der Waals surface area contributed by atoms with Crippen LogP contribution < -0.4 is 5.56 Å². The van der Waals surface area contributed by atoms with Crippen molar-refractivity contribution in [1.82, 2.24) is 19.5 Å². The Morgan fingerprint density at radius 1 is 1.47 bits per heavy atom. The van der Waals surface area contributed by atoms with Crippen molar-refractivity contribution in [2.45, 2.75) is 19.9 Å². The molecule has 0 bridgehead atoms. The van der Waals surface area contributed by atoms with Crippen LogP contribution in [0.3, 0.4) is 0 Å². The van der Waals surface area contributed by atoms with Gasteiger partial charge in [0.05, 0.1) is 6.26 Å². The first-order valence-electron chi connectivity index (χ1n) is 5.90. The van der Waals surface area contributed by atoms with Gasteiger partial charge in [-0.15, -0.1) is 0 Å². The molecule has 3 heterocycles. The van der Waals surface area contributed by atoms with Gasteiger partial charge in [-0.2, -0.15) is 4.98 Å². The lowest BCUT2D eigenvalue weighted by molar-refractivity contribution is 0.578. The fourth-order valence-electron chi connectivity index (χ4n) is 1.91. The van der Waals surface area contributed by atoms with Crippen LogP contribution in [0.4, 0.5) is 0 Å². The van der Waals surface area contributed by atoms with E-state index in [1.54, 1.807) is 12.1 Å². The summed E-state index contributed by atoms with van der Waals surface area (Å²) in [6, 6.07) is 3.50. The standard InChI is InChI=1S/C12H11ClN4O2/c1-2-5-17-11(18)8-10(16-12(17)13)15-9(14-8)7-4-3-6-19-7/h3-4,6H,2,5H2,1H3,(H,14,15). The number of imidazole rings is 1. The van der Waals surface area contributed by atoms with Gasteiger partial charge < -0.3 is 9.40 Å². The minimum atomic E-state index is -0.220. The van der Waals surface area contributed by atoms with Crippen molar-refractivity contribution in [3.8, 4) is 11.6 Å². The van der Waals surface area contributed by atoms with Crippen molar-refractivity contribution in [3.63, 3.8) is 0 Å². The first kappa shape index (κ1) is 12.0. The van der Waals surface area contributed by atoms with Crippen molar-refractivity contribution in [2.24, 2.45) is 0 Å². The van der Waals surface area contributed by atoms with Gasteiger partial charge in [0.1, 0.15) is 0 Å². The van der Waals surface area contributed by atoms with E-state index >= 15 is 0 Å². The molecule has 0 aliphatic carbocycles. The molecule has 19 heavy (non-hydrogen) atoms. The molecule has 6 nitrogen and oxygen atoms in total. The number of hydrogen-bond acceptors (Lipinski definition) is 4. The van der Waals surface area contributed by atoms with Gasteiger partial charge in [0.15, 0.2) is 22.7 Å². The van der Waals surface area contributed by atoms with Crippen molar-refractivity contribution in [3.05, 3.63) is 34.0 Å². The third-order valence-electron chi connectivity index (χ3n) is 2.77. The Bertz CT molecular complexity index is 773. The Kier molecular flexibility index (Phi) is 2.87. The molecule has 0 radical (unpaired) electrons. The van der Waals surface area contributed by atoms with E-state index in [0.717, 1.165) is 6.42 Å². The monoisotopic (exact) mass is 278 g/mol. The molecule has 3 aromatic heterocycles. The number of halogens is 1. The second-order valence-electron chi connectivity index (χ2n) is 4.10. The molecule has 0 fully saturated rings. The number of aromatic amines is 1. The van der Waals surface area contributed by atoms with Crippen LogP contribution in [0.1, 0.15) is 13.3 Å². The van der Waals surface area contributed by atoms with Crippen LogP contribution >= 0.6 is 11.6 Å². The molecule has 0 aliphatic heterocycles. The van der Waals surface area contributed by atoms with E-state index < -0.39 is 0 Å². The molecule has 98 valence electrons. The number of fused-ring (bicyclic) bond motifs is 1. The van der Waals surface area contributed by atoms with Crippen LogP contribution in [-0.2, 0) is 6.54 Å². The Labute approximate surface area is 113 Å². The maximum atomic E-state index is 12.3. The molecule has 3 rings (SSSR count). The molecule has 0 saturated carbocycles. The number of H-pyrrole nitrogens is 1. The number of aromatic nitrogens is 4. The zero-order valence-corrected chi connectivity index (χ0v) is 10.9. The Morgan fingerprint density at radius 2 is 2.32 bits per heavy atom. The maximum Gasteiger partial charge on any atom is 0.280 e. The molecule has 0 unspecified atom stereocenters. The summed E-state index contributed by atoms with van der Waals surface area (Å²) in [7, 11) is 0. The van der Waals surface area contributed by atoms with E-state index in [0.29, 0.717) is 29.3 Å². The van der Waals surface area contributed by atoms with Gasteiger partial charge in [-0.1, -0.05) is 6.92 Å². The van der Waals surface area contributed by atoms with Crippen molar-refractivity contribution in [1.29, 1.82) is 0 Å². The zero-order chi connectivity index (χ0) is 13.4. The van der Waals surface area contributed by atoms with Crippen LogP contribution in [0.15, 0.2) is 27.6 Å². The molecule has 1 N–H and O–H groups in total. The zero-order valence-electron chi connectivity index (χ0n) is 10.2. The molecule has 0 aromatic carbocycles. The first-order valence-corrected chi connectivity index (χ1v) is 6.28. The Morgan fingerprint density at radius 3 is 3.00 bits per heavy atom. The van der Waals surface area contributed by atoms with E-state index in [1.165, 1.54) is 10.8 Å². The first-order chi connectivity index (χ1) is 9.20. The highest BCUT2D eigenvalue weighted by atomic mass is 35.5.